The molecule has 0 bridgehead atoms. The van der Waals surface area contributed by atoms with E-state index in [1.165, 1.54) is 6.42 Å². The standard InChI is InChI=1S/C15H20BrN3/c1-11-15(12-6-5-7-13(16)10-12)19-14(18-11)8-3-2-4-9-17/h5-7,10H,2-4,8-9,17H2,1H3,(H,18,19). The lowest BCUT2D eigenvalue weighted by molar-refractivity contribution is 0.672. The molecule has 4 heteroatoms. The van der Waals surface area contributed by atoms with Crippen LogP contribution in [0.5, 0.6) is 0 Å². The fourth-order valence-electron chi connectivity index (χ4n) is 2.17. The van der Waals surface area contributed by atoms with Crippen molar-refractivity contribution in [3.63, 3.8) is 0 Å². The largest absolute Gasteiger partial charge is 0.346 e. The van der Waals surface area contributed by atoms with Crippen molar-refractivity contribution in [2.75, 3.05) is 6.54 Å². The van der Waals surface area contributed by atoms with Crippen molar-refractivity contribution < 1.29 is 0 Å². The first kappa shape index (κ1) is 14.3. The van der Waals surface area contributed by atoms with Crippen LogP contribution in [-0.4, -0.2) is 16.5 Å². The number of rotatable bonds is 6. The zero-order chi connectivity index (χ0) is 13.7. The highest BCUT2D eigenvalue weighted by molar-refractivity contribution is 9.10. The molecule has 0 aliphatic carbocycles. The molecule has 102 valence electrons. The smallest absolute Gasteiger partial charge is 0.106 e. The lowest BCUT2D eigenvalue weighted by Gasteiger charge is -1.99. The fraction of sp³-hybridized carbons (Fsp3) is 0.400. The van der Waals surface area contributed by atoms with Gasteiger partial charge in [-0.15, -0.1) is 0 Å². The van der Waals surface area contributed by atoms with Gasteiger partial charge in [0.05, 0.1) is 5.69 Å². The van der Waals surface area contributed by atoms with Crippen LogP contribution in [-0.2, 0) is 6.42 Å². The van der Waals surface area contributed by atoms with Gasteiger partial charge in [-0.2, -0.15) is 0 Å². The number of nitrogens with two attached hydrogens (primary N) is 1. The van der Waals surface area contributed by atoms with Crippen molar-refractivity contribution in [1.29, 1.82) is 0 Å². The third-order valence-corrected chi connectivity index (χ3v) is 3.64. The van der Waals surface area contributed by atoms with E-state index in [2.05, 4.69) is 40.0 Å². The minimum absolute atomic E-state index is 0.778. The molecule has 0 amide bonds. The molecule has 0 spiro atoms. The summed E-state index contributed by atoms with van der Waals surface area (Å²) in [4.78, 5) is 8.09. The molecule has 0 aliphatic rings. The molecule has 0 fully saturated rings. The molecular formula is C15H20BrN3. The highest BCUT2D eigenvalue weighted by Crippen LogP contribution is 2.24. The zero-order valence-electron chi connectivity index (χ0n) is 11.2. The maximum Gasteiger partial charge on any atom is 0.106 e. The molecule has 1 aromatic carbocycles. The van der Waals surface area contributed by atoms with Crippen LogP contribution in [0.1, 0.15) is 30.8 Å². The maximum atomic E-state index is 5.50. The van der Waals surface area contributed by atoms with E-state index in [-0.39, 0.29) is 0 Å². The summed E-state index contributed by atoms with van der Waals surface area (Å²) in [6.07, 6.45) is 4.40. The summed E-state index contributed by atoms with van der Waals surface area (Å²) in [5.41, 5.74) is 8.83. The van der Waals surface area contributed by atoms with Gasteiger partial charge in [-0.3, -0.25) is 0 Å². The van der Waals surface area contributed by atoms with E-state index < -0.39 is 0 Å². The molecule has 0 radical (unpaired) electrons. The van der Waals surface area contributed by atoms with Gasteiger partial charge < -0.3 is 10.7 Å². The Labute approximate surface area is 122 Å². The van der Waals surface area contributed by atoms with Gasteiger partial charge in [0.15, 0.2) is 0 Å². The van der Waals surface area contributed by atoms with E-state index in [1.54, 1.807) is 0 Å². The van der Waals surface area contributed by atoms with Crippen molar-refractivity contribution in [2.24, 2.45) is 5.73 Å². The average molecular weight is 322 g/mol. The van der Waals surface area contributed by atoms with E-state index in [0.717, 1.165) is 53.1 Å². The molecule has 0 saturated carbocycles. The van der Waals surface area contributed by atoms with Crippen LogP contribution in [0.15, 0.2) is 28.7 Å². The van der Waals surface area contributed by atoms with Gasteiger partial charge in [-0.05, 0) is 38.4 Å². The lowest BCUT2D eigenvalue weighted by atomic mass is 10.1. The van der Waals surface area contributed by atoms with Crippen molar-refractivity contribution in [3.05, 3.63) is 40.3 Å². The molecule has 0 unspecified atom stereocenters. The minimum Gasteiger partial charge on any atom is -0.346 e. The van der Waals surface area contributed by atoms with Gasteiger partial charge in [-0.25, -0.2) is 4.98 Å². The second-order valence-electron chi connectivity index (χ2n) is 4.77. The predicted molar refractivity (Wildman–Crippen MR) is 83.1 cm³/mol. The highest BCUT2D eigenvalue weighted by atomic mass is 79.9. The first-order valence-electron chi connectivity index (χ1n) is 6.72. The number of nitrogens with zero attached hydrogens (tertiary/aromatic N) is 1. The average Bonchev–Trinajstić information content (AvgIpc) is 2.76. The number of aromatic nitrogens is 2. The van der Waals surface area contributed by atoms with Crippen molar-refractivity contribution in [3.8, 4) is 11.3 Å². The Kier molecular flexibility index (Phi) is 5.16. The van der Waals surface area contributed by atoms with Crippen LogP contribution in [0.3, 0.4) is 0 Å². The van der Waals surface area contributed by atoms with Crippen LogP contribution in [0, 0.1) is 6.92 Å². The summed E-state index contributed by atoms with van der Waals surface area (Å²) in [5.74, 6) is 1.07. The van der Waals surface area contributed by atoms with Gasteiger partial charge in [0.1, 0.15) is 5.82 Å². The van der Waals surface area contributed by atoms with Gasteiger partial charge in [0, 0.05) is 22.2 Å². The number of hydrogen-bond acceptors (Lipinski definition) is 2. The second-order valence-corrected chi connectivity index (χ2v) is 5.68. The van der Waals surface area contributed by atoms with Crippen LogP contribution in [0.4, 0.5) is 0 Å². The van der Waals surface area contributed by atoms with Gasteiger partial charge in [0.2, 0.25) is 0 Å². The predicted octanol–water partition coefficient (Wildman–Crippen LogP) is 3.82. The van der Waals surface area contributed by atoms with Crippen molar-refractivity contribution in [1.82, 2.24) is 9.97 Å². The number of aryl methyl sites for hydroxylation is 2. The van der Waals surface area contributed by atoms with Crippen LogP contribution >= 0.6 is 15.9 Å². The molecule has 0 atom stereocenters. The number of nitrogens with one attached hydrogen (secondary N) is 1. The molecule has 19 heavy (non-hydrogen) atoms. The van der Waals surface area contributed by atoms with Gasteiger partial charge >= 0.3 is 0 Å². The Hall–Kier alpha value is -1.13. The first-order valence-corrected chi connectivity index (χ1v) is 7.51. The Balaban J connectivity index is 2.08. The fourth-order valence-corrected chi connectivity index (χ4v) is 2.57. The van der Waals surface area contributed by atoms with E-state index >= 15 is 0 Å². The van der Waals surface area contributed by atoms with E-state index in [1.807, 2.05) is 12.1 Å². The Morgan fingerprint density at radius 3 is 2.84 bits per heavy atom. The SMILES string of the molecule is Cc1[nH]c(CCCCCN)nc1-c1cccc(Br)c1. The molecule has 2 rings (SSSR count). The topological polar surface area (TPSA) is 54.7 Å². The Morgan fingerprint density at radius 1 is 1.26 bits per heavy atom. The third kappa shape index (κ3) is 3.91. The van der Waals surface area contributed by atoms with Crippen LogP contribution < -0.4 is 5.73 Å². The van der Waals surface area contributed by atoms with Crippen molar-refractivity contribution in [2.45, 2.75) is 32.6 Å². The first-order chi connectivity index (χ1) is 9.20. The molecule has 1 aromatic heterocycles. The molecular weight excluding hydrogens is 302 g/mol. The monoisotopic (exact) mass is 321 g/mol. The highest BCUT2D eigenvalue weighted by Gasteiger charge is 2.08. The summed E-state index contributed by atoms with van der Waals surface area (Å²) in [6.45, 7) is 2.85. The van der Waals surface area contributed by atoms with E-state index in [4.69, 9.17) is 10.7 Å². The van der Waals surface area contributed by atoms with Crippen LogP contribution in [0.2, 0.25) is 0 Å². The molecule has 2 aromatic rings. The zero-order valence-corrected chi connectivity index (χ0v) is 12.8. The maximum absolute atomic E-state index is 5.50. The summed E-state index contributed by atoms with van der Waals surface area (Å²) in [6, 6.07) is 8.25. The summed E-state index contributed by atoms with van der Waals surface area (Å²) < 4.78 is 1.08. The number of unbranched alkanes of at least 4 members (excludes halogenated alkanes) is 2. The number of benzene rings is 1. The Morgan fingerprint density at radius 2 is 2.11 bits per heavy atom. The number of halogens is 1. The van der Waals surface area contributed by atoms with Gasteiger partial charge in [0.25, 0.3) is 0 Å². The normalized spacial score (nSPS) is 10.9. The Bertz CT molecular complexity index is 534. The molecule has 3 N–H and O–H groups in total. The lowest BCUT2D eigenvalue weighted by Crippen LogP contribution is -1.98. The summed E-state index contributed by atoms with van der Waals surface area (Å²) in [5, 5.41) is 0. The van der Waals surface area contributed by atoms with Crippen LogP contribution in [0.25, 0.3) is 11.3 Å². The molecule has 0 saturated heterocycles. The number of imidazole rings is 1. The van der Waals surface area contributed by atoms with E-state index in [0.29, 0.717) is 0 Å². The molecule has 0 aliphatic heterocycles. The molecule has 1 heterocycles. The summed E-state index contributed by atoms with van der Waals surface area (Å²) >= 11 is 3.50. The van der Waals surface area contributed by atoms with Gasteiger partial charge in [-0.1, -0.05) is 34.5 Å². The number of hydrogen-bond donors (Lipinski definition) is 2. The second kappa shape index (κ2) is 6.87. The van der Waals surface area contributed by atoms with E-state index in [9.17, 15) is 0 Å². The third-order valence-electron chi connectivity index (χ3n) is 3.15. The number of aromatic amines is 1. The quantitative estimate of drug-likeness (QED) is 0.795. The number of H-pyrrole nitrogens is 1. The minimum atomic E-state index is 0.778. The molecule has 3 nitrogen and oxygen atoms in total. The summed E-state index contributed by atoms with van der Waals surface area (Å²) in [7, 11) is 0. The van der Waals surface area contributed by atoms with Crippen molar-refractivity contribution >= 4 is 15.9 Å².